The van der Waals surface area contributed by atoms with Crippen LogP contribution >= 0.6 is 0 Å². The Hall–Kier alpha value is -2.85. The molecule has 25 heavy (non-hydrogen) atoms. The molecule has 0 spiro atoms. The number of hydrogen-bond acceptors (Lipinski definition) is 8. The van der Waals surface area contributed by atoms with Gasteiger partial charge < -0.3 is 30.3 Å². The zero-order valence-electron chi connectivity index (χ0n) is 12.5. The largest absolute Gasteiger partial charge is 0.510 e. The van der Waals surface area contributed by atoms with Gasteiger partial charge in [-0.1, -0.05) is 0 Å². The lowest BCUT2D eigenvalue weighted by molar-refractivity contribution is 0.0916. The summed E-state index contributed by atoms with van der Waals surface area (Å²) in [6.07, 6.45) is -0.274. The Morgan fingerprint density at radius 2 is 1.72 bits per heavy atom. The first-order chi connectivity index (χ1) is 11.6. The SMILES string of the molecule is O=S(=O)(O)C1=C(O)C2CC(O)=C(c3ccc(O)c(O)c3)OC2C=C1O. The molecule has 10 heteroatoms. The highest BCUT2D eigenvalue weighted by Gasteiger charge is 2.42. The number of hydrogen-bond donors (Lipinski definition) is 6. The Morgan fingerprint density at radius 3 is 2.32 bits per heavy atom. The van der Waals surface area contributed by atoms with Crippen LogP contribution in [0.25, 0.3) is 5.76 Å². The van der Waals surface area contributed by atoms with E-state index in [9.17, 15) is 34.0 Å². The second-order valence-corrected chi connectivity index (χ2v) is 6.97. The molecule has 0 bridgehead atoms. The zero-order valence-corrected chi connectivity index (χ0v) is 13.3. The predicted octanol–water partition coefficient (Wildman–Crippen LogP) is 1.84. The van der Waals surface area contributed by atoms with E-state index in [0.717, 1.165) is 12.1 Å². The van der Waals surface area contributed by atoms with Crippen molar-refractivity contribution in [2.75, 3.05) is 0 Å². The monoisotopic (exact) mass is 370 g/mol. The van der Waals surface area contributed by atoms with Crippen molar-refractivity contribution in [3.8, 4) is 11.5 Å². The van der Waals surface area contributed by atoms with Gasteiger partial charge in [0.2, 0.25) is 0 Å². The molecule has 0 fully saturated rings. The van der Waals surface area contributed by atoms with E-state index >= 15 is 0 Å². The van der Waals surface area contributed by atoms with E-state index in [4.69, 9.17) is 9.29 Å². The van der Waals surface area contributed by atoms with E-state index < -0.39 is 44.3 Å². The molecular weight excluding hydrogens is 356 g/mol. The van der Waals surface area contributed by atoms with Crippen molar-refractivity contribution < 1.29 is 43.2 Å². The van der Waals surface area contributed by atoms with E-state index in [0.29, 0.717) is 0 Å². The van der Waals surface area contributed by atoms with Crippen molar-refractivity contribution in [2.24, 2.45) is 5.92 Å². The van der Waals surface area contributed by atoms with Gasteiger partial charge in [-0.05, 0) is 18.2 Å². The maximum Gasteiger partial charge on any atom is 0.301 e. The van der Waals surface area contributed by atoms with Crippen LogP contribution in [0.15, 0.2) is 46.5 Å². The fraction of sp³-hybridized carbons (Fsp3) is 0.200. The molecule has 2 aliphatic rings. The van der Waals surface area contributed by atoms with Crippen molar-refractivity contribution in [3.63, 3.8) is 0 Å². The Bertz CT molecular complexity index is 940. The molecule has 2 unspecified atom stereocenters. The van der Waals surface area contributed by atoms with Crippen LogP contribution in [0.2, 0.25) is 0 Å². The van der Waals surface area contributed by atoms with Gasteiger partial charge in [-0.2, -0.15) is 8.42 Å². The summed E-state index contributed by atoms with van der Waals surface area (Å²) in [5.74, 6) is -3.97. The van der Waals surface area contributed by atoms with Crippen LogP contribution in [0.4, 0.5) is 0 Å². The second-order valence-electron chi connectivity index (χ2n) is 5.61. The van der Waals surface area contributed by atoms with Gasteiger partial charge >= 0.3 is 10.1 Å². The third-order valence-corrected chi connectivity index (χ3v) is 4.89. The fourth-order valence-electron chi connectivity index (χ4n) is 2.80. The lowest BCUT2D eigenvalue weighted by Crippen LogP contribution is -2.33. The molecule has 6 N–H and O–H groups in total. The molecule has 3 rings (SSSR count). The van der Waals surface area contributed by atoms with Crippen molar-refractivity contribution >= 4 is 15.9 Å². The Balaban J connectivity index is 2.04. The fourth-order valence-corrected chi connectivity index (χ4v) is 3.55. The number of allylic oxidation sites excluding steroid dienone is 1. The number of aromatic hydroxyl groups is 2. The number of phenolic OH excluding ortho intramolecular Hbond substituents is 2. The molecule has 0 radical (unpaired) electrons. The molecule has 9 nitrogen and oxygen atoms in total. The van der Waals surface area contributed by atoms with E-state index in [1.165, 1.54) is 12.1 Å². The average Bonchev–Trinajstić information content (AvgIpc) is 2.49. The first-order valence-electron chi connectivity index (χ1n) is 7.02. The van der Waals surface area contributed by atoms with E-state index in [-0.39, 0.29) is 29.3 Å². The molecule has 1 heterocycles. The first-order valence-corrected chi connectivity index (χ1v) is 8.46. The zero-order chi connectivity index (χ0) is 18.5. The van der Waals surface area contributed by atoms with Crippen LogP contribution in [0, 0.1) is 5.92 Å². The van der Waals surface area contributed by atoms with Crippen LogP contribution in [-0.2, 0) is 14.9 Å². The molecule has 0 aromatic heterocycles. The number of benzene rings is 1. The van der Waals surface area contributed by atoms with Crippen molar-refractivity contribution in [2.45, 2.75) is 12.5 Å². The average molecular weight is 370 g/mol. The van der Waals surface area contributed by atoms with Gasteiger partial charge in [-0.3, -0.25) is 4.55 Å². The predicted molar refractivity (Wildman–Crippen MR) is 84.2 cm³/mol. The van der Waals surface area contributed by atoms with Gasteiger partial charge in [-0.25, -0.2) is 0 Å². The van der Waals surface area contributed by atoms with Crippen LogP contribution in [-0.4, -0.2) is 44.6 Å². The number of phenols is 2. The summed E-state index contributed by atoms with van der Waals surface area (Å²) in [6, 6.07) is 3.70. The molecular formula is C15H14O9S. The highest BCUT2D eigenvalue weighted by Crippen LogP contribution is 2.42. The normalized spacial score (nSPS) is 23.8. The summed E-state index contributed by atoms with van der Waals surface area (Å²) in [7, 11) is -4.87. The second kappa shape index (κ2) is 5.60. The maximum atomic E-state index is 11.3. The molecule has 0 saturated heterocycles. The van der Waals surface area contributed by atoms with Gasteiger partial charge in [0.05, 0.1) is 5.92 Å². The summed E-state index contributed by atoms with van der Waals surface area (Å²) in [5, 5.41) is 48.9. The molecule has 2 atom stereocenters. The first kappa shape index (κ1) is 17.0. The third-order valence-electron chi connectivity index (χ3n) is 3.96. The van der Waals surface area contributed by atoms with Gasteiger partial charge in [0.15, 0.2) is 22.2 Å². The maximum absolute atomic E-state index is 11.3. The minimum absolute atomic E-state index is 0.0660. The Morgan fingerprint density at radius 1 is 1.04 bits per heavy atom. The summed E-state index contributed by atoms with van der Waals surface area (Å²) >= 11 is 0. The molecule has 0 amide bonds. The minimum atomic E-state index is -4.87. The van der Waals surface area contributed by atoms with Gasteiger partial charge in [-0.15, -0.1) is 0 Å². The summed E-state index contributed by atoms with van der Waals surface area (Å²) < 4.78 is 37.2. The van der Waals surface area contributed by atoms with Crippen LogP contribution in [0.1, 0.15) is 12.0 Å². The Kier molecular flexibility index (Phi) is 3.81. The number of ether oxygens (including phenoxy) is 1. The van der Waals surface area contributed by atoms with Crippen molar-refractivity contribution in [1.82, 2.24) is 0 Å². The minimum Gasteiger partial charge on any atom is -0.510 e. The number of aliphatic hydroxyl groups excluding tert-OH is 3. The quantitative estimate of drug-likeness (QED) is 0.336. The molecule has 1 aromatic rings. The summed E-state index contributed by atoms with van der Waals surface area (Å²) in [6.45, 7) is 0. The van der Waals surface area contributed by atoms with Crippen LogP contribution in [0.5, 0.6) is 11.5 Å². The topological polar surface area (TPSA) is 165 Å². The molecule has 1 aromatic carbocycles. The van der Waals surface area contributed by atoms with Gasteiger partial charge in [0.25, 0.3) is 0 Å². The van der Waals surface area contributed by atoms with Crippen molar-refractivity contribution in [1.29, 1.82) is 0 Å². The number of fused-ring (bicyclic) bond motifs is 1. The lowest BCUT2D eigenvalue weighted by atomic mass is 9.87. The van der Waals surface area contributed by atoms with Crippen molar-refractivity contribution in [3.05, 3.63) is 52.0 Å². The standard InChI is InChI=1S/C15H14O9S/c16-8-2-1-6(3-9(8)17)14-10(18)4-7-12(24-14)5-11(19)15(13(7)20)25(21,22)23/h1-3,5,7,12,16-20H,4H2,(H,21,22,23). The molecule has 0 saturated carbocycles. The number of rotatable bonds is 2. The van der Waals surface area contributed by atoms with Gasteiger partial charge in [0, 0.05) is 18.1 Å². The summed E-state index contributed by atoms with van der Waals surface area (Å²) in [5.41, 5.74) is 0.225. The van der Waals surface area contributed by atoms with Gasteiger partial charge in [0.1, 0.15) is 23.4 Å². The smallest absolute Gasteiger partial charge is 0.301 e. The number of aliphatic hydroxyl groups is 3. The third kappa shape index (κ3) is 2.85. The van der Waals surface area contributed by atoms with E-state index in [2.05, 4.69) is 0 Å². The van der Waals surface area contributed by atoms with Crippen LogP contribution < -0.4 is 0 Å². The molecule has 1 aliphatic heterocycles. The van der Waals surface area contributed by atoms with Crippen LogP contribution in [0.3, 0.4) is 0 Å². The van der Waals surface area contributed by atoms with E-state index in [1.807, 2.05) is 0 Å². The van der Waals surface area contributed by atoms with E-state index in [1.54, 1.807) is 0 Å². The molecule has 134 valence electrons. The highest BCUT2D eigenvalue weighted by atomic mass is 32.2. The highest BCUT2D eigenvalue weighted by molar-refractivity contribution is 7.90. The summed E-state index contributed by atoms with van der Waals surface area (Å²) in [4.78, 5) is -1.03. The molecule has 1 aliphatic carbocycles. The Labute approximate surface area is 141 Å². The lowest BCUT2D eigenvalue weighted by Gasteiger charge is -2.34.